The molecule has 0 aliphatic carbocycles. The van der Waals surface area contributed by atoms with Crippen LogP contribution in [0.3, 0.4) is 0 Å². The molecule has 1 aliphatic heterocycles. The normalized spacial score (nSPS) is 16.2. The van der Waals surface area contributed by atoms with E-state index in [0.717, 1.165) is 38.5 Å². The molecule has 1 aromatic carbocycles. The number of hydrogen-bond acceptors (Lipinski definition) is 3. The molecule has 0 amide bonds. The predicted molar refractivity (Wildman–Crippen MR) is 76.2 cm³/mol. The van der Waals surface area contributed by atoms with E-state index in [0.29, 0.717) is 0 Å². The van der Waals surface area contributed by atoms with Gasteiger partial charge in [-0.2, -0.15) is 12.6 Å². The monoisotopic (exact) mass is 251 g/mol. The summed E-state index contributed by atoms with van der Waals surface area (Å²) in [5.41, 5.74) is 4.15. The summed E-state index contributed by atoms with van der Waals surface area (Å²) in [5.74, 6) is 0.809. The maximum Gasteiger partial charge on any atom is 0.0642 e. The number of benzene rings is 1. The molecule has 0 unspecified atom stereocenters. The molecule has 0 aromatic heterocycles. The highest BCUT2D eigenvalue weighted by molar-refractivity contribution is 7.79. The summed E-state index contributed by atoms with van der Waals surface area (Å²) >= 11 is 4.36. The maximum atomic E-state index is 5.42. The van der Waals surface area contributed by atoms with E-state index in [1.165, 1.54) is 23.2 Å². The molecule has 1 fully saturated rings. The Morgan fingerprint density at radius 3 is 2.71 bits per heavy atom. The SMILES string of the molecule is CCCc1ccc(CS)cc1N1CCOCC1. The molecule has 1 saturated heterocycles. The van der Waals surface area contributed by atoms with Crippen LogP contribution in [0.15, 0.2) is 18.2 Å². The molecule has 1 heterocycles. The van der Waals surface area contributed by atoms with Crippen LogP contribution in [0.5, 0.6) is 0 Å². The number of rotatable bonds is 4. The second kappa shape index (κ2) is 6.31. The largest absolute Gasteiger partial charge is 0.378 e. The van der Waals surface area contributed by atoms with Gasteiger partial charge in [0.2, 0.25) is 0 Å². The van der Waals surface area contributed by atoms with Gasteiger partial charge >= 0.3 is 0 Å². The van der Waals surface area contributed by atoms with Crippen molar-refractivity contribution in [2.75, 3.05) is 31.2 Å². The molecule has 1 aromatic rings. The Labute approximate surface area is 109 Å². The van der Waals surface area contributed by atoms with E-state index in [9.17, 15) is 0 Å². The lowest BCUT2D eigenvalue weighted by atomic mass is 10.0. The summed E-state index contributed by atoms with van der Waals surface area (Å²) in [4.78, 5) is 2.45. The van der Waals surface area contributed by atoms with Crippen LogP contribution in [-0.4, -0.2) is 26.3 Å². The first-order valence-corrected chi connectivity index (χ1v) is 7.03. The fourth-order valence-corrected chi connectivity index (χ4v) is 2.48. The van der Waals surface area contributed by atoms with E-state index >= 15 is 0 Å². The summed E-state index contributed by atoms with van der Waals surface area (Å²) in [7, 11) is 0. The van der Waals surface area contributed by atoms with Gasteiger partial charge in [-0.1, -0.05) is 25.5 Å². The number of hydrogen-bond donors (Lipinski definition) is 1. The van der Waals surface area contributed by atoms with Crippen LogP contribution in [0.4, 0.5) is 5.69 Å². The van der Waals surface area contributed by atoms with Gasteiger partial charge in [0.05, 0.1) is 13.2 Å². The van der Waals surface area contributed by atoms with E-state index < -0.39 is 0 Å². The molecule has 2 rings (SSSR count). The van der Waals surface area contributed by atoms with Crippen molar-refractivity contribution in [2.45, 2.75) is 25.5 Å². The Morgan fingerprint density at radius 1 is 1.29 bits per heavy atom. The van der Waals surface area contributed by atoms with Gasteiger partial charge in [-0.25, -0.2) is 0 Å². The first-order chi connectivity index (χ1) is 8.35. The Bertz CT molecular complexity index is 361. The zero-order valence-electron chi connectivity index (χ0n) is 10.5. The van der Waals surface area contributed by atoms with E-state index in [1.54, 1.807) is 0 Å². The molecule has 0 saturated carbocycles. The van der Waals surface area contributed by atoms with Crippen molar-refractivity contribution in [3.8, 4) is 0 Å². The van der Waals surface area contributed by atoms with Crippen LogP contribution in [0, 0.1) is 0 Å². The lowest BCUT2D eigenvalue weighted by molar-refractivity contribution is 0.122. The average Bonchev–Trinajstić information content (AvgIpc) is 2.40. The third kappa shape index (κ3) is 3.17. The summed E-state index contributed by atoms with van der Waals surface area (Å²) in [6.07, 6.45) is 2.34. The highest BCUT2D eigenvalue weighted by atomic mass is 32.1. The fraction of sp³-hybridized carbons (Fsp3) is 0.571. The highest BCUT2D eigenvalue weighted by Gasteiger charge is 2.14. The number of aryl methyl sites for hydroxylation is 1. The molecule has 17 heavy (non-hydrogen) atoms. The van der Waals surface area contributed by atoms with Crippen LogP contribution in [0.1, 0.15) is 24.5 Å². The third-order valence-electron chi connectivity index (χ3n) is 3.20. The molecular weight excluding hydrogens is 230 g/mol. The van der Waals surface area contributed by atoms with Crippen LogP contribution >= 0.6 is 12.6 Å². The Hall–Kier alpha value is -0.670. The zero-order chi connectivity index (χ0) is 12.1. The quantitative estimate of drug-likeness (QED) is 0.826. The highest BCUT2D eigenvalue weighted by Crippen LogP contribution is 2.25. The number of ether oxygens (including phenoxy) is 1. The molecule has 1 aliphatic rings. The lowest BCUT2D eigenvalue weighted by Crippen LogP contribution is -2.36. The summed E-state index contributed by atoms with van der Waals surface area (Å²) in [5, 5.41) is 0. The minimum absolute atomic E-state index is 0.809. The molecule has 0 bridgehead atoms. The van der Waals surface area contributed by atoms with Crippen molar-refractivity contribution in [1.82, 2.24) is 0 Å². The van der Waals surface area contributed by atoms with E-state index in [1.807, 2.05) is 0 Å². The first kappa shape index (κ1) is 12.8. The van der Waals surface area contributed by atoms with Crippen molar-refractivity contribution in [2.24, 2.45) is 0 Å². The van der Waals surface area contributed by atoms with Crippen molar-refractivity contribution >= 4 is 18.3 Å². The maximum absolute atomic E-state index is 5.42. The van der Waals surface area contributed by atoms with Crippen molar-refractivity contribution < 1.29 is 4.74 Å². The third-order valence-corrected chi connectivity index (χ3v) is 3.57. The minimum Gasteiger partial charge on any atom is -0.378 e. The number of thiol groups is 1. The molecule has 0 N–H and O–H groups in total. The lowest BCUT2D eigenvalue weighted by Gasteiger charge is -2.31. The minimum atomic E-state index is 0.809. The zero-order valence-corrected chi connectivity index (χ0v) is 11.4. The van der Waals surface area contributed by atoms with Gasteiger partial charge in [0.1, 0.15) is 0 Å². The first-order valence-electron chi connectivity index (χ1n) is 6.40. The number of nitrogens with zero attached hydrogens (tertiary/aromatic N) is 1. The van der Waals surface area contributed by atoms with Gasteiger partial charge < -0.3 is 9.64 Å². The van der Waals surface area contributed by atoms with Crippen LogP contribution < -0.4 is 4.90 Å². The van der Waals surface area contributed by atoms with Gasteiger partial charge in [-0.05, 0) is 23.6 Å². The van der Waals surface area contributed by atoms with Crippen LogP contribution in [-0.2, 0) is 16.9 Å². The van der Waals surface area contributed by atoms with E-state index in [4.69, 9.17) is 4.74 Å². The molecule has 2 nitrogen and oxygen atoms in total. The van der Waals surface area contributed by atoms with Gasteiger partial charge in [0.15, 0.2) is 0 Å². The molecular formula is C14H21NOS. The second-order valence-corrected chi connectivity index (χ2v) is 4.79. The molecule has 94 valence electrons. The summed E-state index contributed by atoms with van der Waals surface area (Å²) < 4.78 is 5.42. The van der Waals surface area contributed by atoms with E-state index in [2.05, 4.69) is 42.7 Å². The average molecular weight is 251 g/mol. The van der Waals surface area contributed by atoms with E-state index in [-0.39, 0.29) is 0 Å². The smallest absolute Gasteiger partial charge is 0.0642 e. The van der Waals surface area contributed by atoms with Gasteiger partial charge in [0, 0.05) is 24.5 Å². The van der Waals surface area contributed by atoms with Gasteiger partial charge in [-0.3, -0.25) is 0 Å². The molecule has 0 spiro atoms. The number of anilines is 1. The Morgan fingerprint density at radius 2 is 2.06 bits per heavy atom. The molecule has 0 atom stereocenters. The summed E-state index contributed by atoms with van der Waals surface area (Å²) in [6, 6.07) is 6.76. The van der Waals surface area contributed by atoms with Crippen LogP contribution in [0.2, 0.25) is 0 Å². The molecule has 3 heteroatoms. The van der Waals surface area contributed by atoms with Crippen LogP contribution in [0.25, 0.3) is 0 Å². The Balaban J connectivity index is 2.26. The van der Waals surface area contributed by atoms with Gasteiger partial charge in [-0.15, -0.1) is 0 Å². The Kier molecular flexibility index (Phi) is 4.75. The van der Waals surface area contributed by atoms with Crippen molar-refractivity contribution in [1.29, 1.82) is 0 Å². The summed E-state index contributed by atoms with van der Waals surface area (Å²) in [6.45, 7) is 5.93. The van der Waals surface area contributed by atoms with Crippen molar-refractivity contribution in [3.05, 3.63) is 29.3 Å². The number of morpholine rings is 1. The second-order valence-electron chi connectivity index (χ2n) is 4.47. The topological polar surface area (TPSA) is 12.5 Å². The predicted octanol–water partition coefficient (Wildman–Crippen LogP) is 2.91. The standard InChI is InChI=1S/C14H21NOS/c1-2-3-13-5-4-12(11-17)10-14(13)15-6-8-16-9-7-15/h4-5,10,17H,2-3,6-9,11H2,1H3. The molecule has 0 radical (unpaired) electrons. The van der Waals surface area contributed by atoms with Gasteiger partial charge in [0.25, 0.3) is 0 Å². The van der Waals surface area contributed by atoms with Crippen molar-refractivity contribution in [3.63, 3.8) is 0 Å². The fourth-order valence-electron chi connectivity index (χ4n) is 2.29.